The molecule has 5 heteroatoms. The molecule has 3 aromatic rings. The second-order valence-electron chi connectivity index (χ2n) is 6.49. The van der Waals surface area contributed by atoms with E-state index in [-0.39, 0.29) is 11.9 Å². The minimum atomic E-state index is -0.0770. The van der Waals surface area contributed by atoms with Crippen molar-refractivity contribution in [2.45, 2.75) is 39.7 Å². The lowest BCUT2D eigenvalue weighted by atomic mass is 10.1. The van der Waals surface area contributed by atoms with E-state index in [0.29, 0.717) is 18.7 Å². The van der Waals surface area contributed by atoms with Crippen molar-refractivity contribution in [2.24, 2.45) is 0 Å². The maximum absolute atomic E-state index is 12.2. The number of pyridine rings is 1. The molecular formula is C21H23N3O2. The van der Waals surface area contributed by atoms with Gasteiger partial charge in [0.1, 0.15) is 0 Å². The molecule has 134 valence electrons. The van der Waals surface area contributed by atoms with Crippen LogP contribution in [0.15, 0.2) is 53.3 Å². The average Bonchev–Trinajstić information content (AvgIpc) is 3.12. The third-order valence-corrected chi connectivity index (χ3v) is 4.47. The summed E-state index contributed by atoms with van der Waals surface area (Å²) in [4.78, 5) is 20.5. The number of hydrogen-bond donors (Lipinski definition) is 1. The molecular weight excluding hydrogens is 326 g/mol. The first-order chi connectivity index (χ1) is 12.5. The minimum Gasteiger partial charge on any atom is -0.441 e. The van der Waals surface area contributed by atoms with Gasteiger partial charge in [0.25, 0.3) is 0 Å². The number of nitrogens with one attached hydrogen (secondary N) is 1. The van der Waals surface area contributed by atoms with Gasteiger partial charge >= 0.3 is 0 Å². The van der Waals surface area contributed by atoms with Crippen molar-refractivity contribution < 1.29 is 9.21 Å². The summed E-state index contributed by atoms with van der Waals surface area (Å²) in [6.45, 7) is 6.10. The van der Waals surface area contributed by atoms with E-state index in [1.807, 2.05) is 25.1 Å². The van der Waals surface area contributed by atoms with Gasteiger partial charge < -0.3 is 9.73 Å². The van der Waals surface area contributed by atoms with Crippen LogP contribution in [0.1, 0.15) is 42.0 Å². The van der Waals surface area contributed by atoms with Crippen LogP contribution in [0.3, 0.4) is 0 Å². The molecule has 0 saturated carbocycles. The summed E-state index contributed by atoms with van der Waals surface area (Å²) in [5.41, 5.74) is 4.44. The lowest BCUT2D eigenvalue weighted by molar-refractivity contribution is -0.121. The summed E-state index contributed by atoms with van der Waals surface area (Å²) < 4.78 is 5.80. The number of carbonyl (C=O) groups excluding carboxylic acids is 1. The number of oxazole rings is 1. The summed E-state index contributed by atoms with van der Waals surface area (Å²) in [5.74, 6) is 1.27. The molecule has 1 N–H and O–H groups in total. The number of aryl methyl sites for hydroxylation is 3. The molecule has 0 saturated heterocycles. The monoisotopic (exact) mass is 349 g/mol. The molecule has 26 heavy (non-hydrogen) atoms. The largest absolute Gasteiger partial charge is 0.441 e. The van der Waals surface area contributed by atoms with Gasteiger partial charge in [0.15, 0.2) is 11.7 Å². The molecule has 0 radical (unpaired) electrons. The predicted octanol–water partition coefficient (Wildman–Crippen LogP) is 4.16. The van der Waals surface area contributed by atoms with Crippen molar-refractivity contribution >= 4 is 5.91 Å². The summed E-state index contributed by atoms with van der Waals surface area (Å²) in [5, 5.41) is 2.97. The van der Waals surface area contributed by atoms with Crippen LogP contribution < -0.4 is 5.32 Å². The fraction of sp³-hybridized carbons (Fsp3) is 0.286. The number of benzene rings is 1. The van der Waals surface area contributed by atoms with Crippen LogP contribution in [-0.4, -0.2) is 15.9 Å². The normalized spacial score (nSPS) is 12.0. The maximum atomic E-state index is 12.2. The quantitative estimate of drug-likeness (QED) is 0.725. The Hall–Kier alpha value is -2.95. The van der Waals surface area contributed by atoms with Crippen molar-refractivity contribution in [3.63, 3.8) is 0 Å². The Bertz CT molecular complexity index is 887. The van der Waals surface area contributed by atoms with Gasteiger partial charge in [-0.25, -0.2) is 4.98 Å². The molecule has 0 aliphatic rings. The third-order valence-electron chi connectivity index (χ3n) is 4.47. The van der Waals surface area contributed by atoms with E-state index >= 15 is 0 Å². The molecule has 2 heterocycles. The topological polar surface area (TPSA) is 68.0 Å². The van der Waals surface area contributed by atoms with Crippen molar-refractivity contribution in [2.75, 3.05) is 0 Å². The standard InChI is InChI=1S/C21H23N3O2/c1-14-6-7-17(11-15(14)2)19-13-23-21(26-19)9-8-20(25)24-16(3)18-5-4-10-22-12-18/h4-7,10-13,16H,8-9H2,1-3H3,(H,24,25)/t16-/m0/s1. The highest BCUT2D eigenvalue weighted by molar-refractivity contribution is 5.76. The zero-order chi connectivity index (χ0) is 18.5. The summed E-state index contributed by atoms with van der Waals surface area (Å²) in [6, 6.07) is 9.91. The van der Waals surface area contributed by atoms with Crippen LogP contribution in [0.4, 0.5) is 0 Å². The lowest BCUT2D eigenvalue weighted by Gasteiger charge is -2.13. The number of carbonyl (C=O) groups is 1. The van der Waals surface area contributed by atoms with E-state index in [1.165, 1.54) is 11.1 Å². The zero-order valence-electron chi connectivity index (χ0n) is 15.3. The number of nitrogens with zero attached hydrogens (tertiary/aromatic N) is 2. The van der Waals surface area contributed by atoms with Crippen molar-refractivity contribution in [1.29, 1.82) is 0 Å². The first kappa shape index (κ1) is 17.9. The molecule has 1 amide bonds. The van der Waals surface area contributed by atoms with Gasteiger partial charge in [0.2, 0.25) is 5.91 Å². The Kier molecular flexibility index (Phi) is 5.46. The molecule has 0 spiro atoms. The SMILES string of the molecule is Cc1ccc(-c2cnc(CCC(=O)N[C@@H](C)c3cccnc3)o2)cc1C. The molecule has 0 aliphatic heterocycles. The highest BCUT2D eigenvalue weighted by Crippen LogP contribution is 2.23. The van der Waals surface area contributed by atoms with Crippen LogP contribution in [0.5, 0.6) is 0 Å². The van der Waals surface area contributed by atoms with Gasteiger partial charge in [-0.05, 0) is 49.6 Å². The van der Waals surface area contributed by atoms with Gasteiger partial charge in [-0.15, -0.1) is 0 Å². The second-order valence-corrected chi connectivity index (χ2v) is 6.49. The molecule has 1 aromatic carbocycles. The Morgan fingerprint density at radius 1 is 1.19 bits per heavy atom. The first-order valence-corrected chi connectivity index (χ1v) is 8.74. The van der Waals surface area contributed by atoms with E-state index in [4.69, 9.17) is 4.42 Å². The second kappa shape index (κ2) is 7.95. The predicted molar refractivity (Wildman–Crippen MR) is 101 cm³/mol. The third kappa shape index (κ3) is 4.36. The molecule has 3 rings (SSSR count). The van der Waals surface area contributed by atoms with Crippen LogP contribution in [0.2, 0.25) is 0 Å². The highest BCUT2D eigenvalue weighted by Gasteiger charge is 2.12. The Morgan fingerprint density at radius 3 is 2.77 bits per heavy atom. The Balaban J connectivity index is 1.56. The average molecular weight is 349 g/mol. The van der Waals surface area contributed by atoms with Crippen LogP contribution in [0.25, 0.3) is 11.3 Å². The van der Waals surface area contributed by atoms with Gasteiger partial charge in [-0.2, -0.15) is 0 Å². The minimum absolute atomic E-state index is 0.0349. The van der Waals surface area contributed by atoms with Gasteiger partial charge in [0.05, 0.1) is 12.2 Å². The number of aromatic nitrogens is 2. The summed E-state index contributed by atoms with van der Waals surface area (Å²) in [7, 11) is 0. The highest BCUT2D eigenvalue weighted by atomic mass is 16.4. The number of rotatable bonds is 6. The van der Waals surface area contributed by atoms with Crippen molar-refractivity contribution in [3.05, 3.63) is 71.5 Å². The van der Waals surface area contributed by atoms with E-state index in [0.717, 1.165) is 16.9 Å². The molecule has 0 bridgehead atoms. The number of amides is 1. The molecule has 1 atom stereocenters. The molecule has 5 nitrogen and oxygen atoms in total. The number of hydrogen-bond acceptors (Lipinski definition) is 4. The summed E-state index contributed by atoms with van der Waals surface area (Å²) >= 11 is 0. The van der Waals surface area contributed by atoms with Crippen LogP contribution in [-0.2, 0) is 11.2 Å². The van der Waals surface area contributed by atoms with Crippen molar-refractivity contribution in [3.8, 4) is 11.3 Å². The maximum Gasteiger partial charge on any atom is 0.220 e. The van der Waals surface area contributed by atoms with E-state index in [1.54, 1.807) is 18.6 Å². The van der Waals surface area contributed by atoms with Crippen molar-refractivity contribution in [1.82, 2.24) is 15.3 Å². The van der Waals surface area contributed by atoms with Gasteiger partial charge in [0, 0.05) is 30.8 Å². The molecule has 2 aromatic heterocycles. The molecule has 0 aliphatic carbocycles. The first-order valence-electron chi connectivity index (χ1n) is 8.74. The fourth-order valence-corrected chi connectivity index (χ4v) is 2.70. The Morgan fingerprint density at radius 2 is 2.04 bits per heavy atom. The van der Waals surface area contributed by atoms with Crippen LogP contribution in [0, 0.1) is 13.8 Å². The van der Waals surface area contributed by atoms with Gasteiger partial charge in [-0.3, -0.25) is 9.78 Å². The van der Waals surface area contributed by atoms with E-state index in [2.05, 4.69) is 41.3 Å². The summed E-state index contributed by atoms with van der Waals surface area (Å²) in [6.07, 6.45) is 5.99. The van der Waals surface area contributed by atoms with Gasteiger partial charge in [-0.1, -0.05) is 18.2 Å². The van der Waals surface area contributed by atoms with E-state index < -0.39 is 0 Å². The molecule has 0 unspecified atom stereocenters. The Labute approximate surface area is 153 Å². The van der Waals surface area contributed by atoms with Crippen LogP contribution >= 0.6 is 0 Å². The lowest BCUT2D eigenvalue weighted by Crippen LogP contribution is -2.26. The fourth-order valence-electron chi connectivity index (χ4n) is 2.70. The van der Waals surface area contributed by atoms with E-state index in [9.17, 15) is 4.79 Å². The molecule has 0 fully saturated rings. The zero-order valence-corrected chi connectivity index (χ0v) is 15.3. The smallest absolute Gasteiger partial charge is 0.220 e.